The number of aryl methyl sites for hydroxylation is 1. The maximum Gasteiger partial charge on any atom is 0.233 e. The molecule has 1 rings (SSSR count). The van der Waals surface area contributed by atoms with Gasteiger partial charge >= 0.3 is 0 Å². The maximum atomic E-state index is 11.8. The normalized spacial score (nSPS) is 10.3. The number of anilines is 1. The van der Waals surface area contributed by atoms with Crippen LogP contribution in [0.3, 0.4) is 0 Å². The molecular formula is C14H19ClN2O3. The van der Waals surface area contributed by atoms with Crippen molar-refractivity contribution in [3.63, 3.8) is 0 Å². The van der Waals surface area contributed by atoms with Crippen LogP contribution in [0.1, 0.15) is 25.8 Å². The number of amides is 2. The van der Waals surface area contributed by atoms with E-state index in [1.807, 2.05) is 20.8 Å². The Bertz CT molecular complexity index is 515. The summed E-state index contributed by atoms with van der Waals surface area (Å²) < 4.78 is 5.15. The molecule has 0 bridgehead atoms. The number of hydrogen-bond acceptors (Lipinski definition) is 3. The average Bonchev–Trinajstić information content (AvgIpc) is 2.32. The molecule has 0 aliphatic rings. The van der Waals surface area contributed by atoms with E-state index in [1.165, 1.54) is 7.11 Å². The van der Waals surface area contributed by atoms with Gasteiger partial charge in [-0.25, -0.2) is 0 Å². The lowest BCUT2D eigenvalue weighted by atomic mass is 10.2. The van der Waals surface area contributed by atoms with E-state index in [4.69, 9.17) is 16.3 Å². The summed E-state index contributed by atoms with van der Waals surface area (Å²) in [6, 6.07) is 3.34. The number of nitrogens with one attached hydrogen (secondary N) is 2. The van der Waals surface area contributed by atoms with Gasteiger partial charge in [0.2, 0.25) is 11.8 Å². The molecule has 0 heterocycles. The van der Waals surface area contributed by atoms with E-state index in [0.29, 0.717) is 16.5 Å². The van der Waals surface area contributed by atoms with Crippen molar-refractivity contribution in [1.82, 2.24) is 5.32 Å². The van der Waals surface area contributed by atoms with E-state index < -0.39 is 5.91 Å². The minimum absolute atomic E-state index is 0.00242. The molecule has 5 nitrogen and oxygen atoms in total. The summed E-state index contributed by atoms with van der Waals surface area (Å²) in [5, 5.41) is 5.86. The van der Waals surface area contributed by atoms with Crippen molar-refractivity contribution in [3.05, 3.63) is 22.7 Å². The second-order valence-corrected chi connectivity index (χ2v) is 5.16. The summed E-state index contributed by atoms with van der Waals surface area (Å²) in [7, 11) is 1.49. The van der Waals surface area contributed by atoms with E-state index in [9.17, 15) is 9.59 Å². The molecule has 1 aromatic carbocycles. The minimum Gasteiger partial charge on any atom is -0.495 e. The molecule has 0 saturated carbocycles. The number of halogens is 1. The first-order valence-corrected chi connectivity index (χ1v) is 6.64. The fraction of sp³-hybridized carbons (Fsp3) is 0.429. The van der Waals surface area contributed by atoms with Crippen LogP contribution in [0.5, 0.6) is 5.75 Å². The van der Waals surface area contributed by atoms with E-state index in [2.05, 4.69) is 10.6 Å². The Morgan fingerprint density at radius 1 is 1.30 bits per heavy atom. The molecule has 2 amide bonds. The Hall–Kier alpha value is -1.75. The number of rotatable bonds is 5. The molecule has 6 heteroatoms. The molecule has 110 valence electrons. The van der Waals surface area contributed by atoms with Gasteiger partial charge in [-0.15, -0.1) is 0 Å². The Balaban J connectivity index is 2.75. The van der Waals surface area contributed by atoms with Gasteiger partial charge in [0.1, 0.15) is 12.2 Å². The Morgan fingerprint density at radius 2 is 1.95 bits per heavy atom. The van der Waals surface area contributed by atoms with Crippen molar-refractivity contribution >= 4 is 29.1 Å². The van der Waals surface area contributed by atoms with Gasteiger partial charge in [0, 0.05) is 17.1 Å². The molecule has 2 N–H and O–H groups in total. The molecule has 1 aromatic rings. The third-order valence-corrected chi connectivity index (χ3v) is 2.93. The highest BCUT2D eigenvalue weighted by molar-refractivity contribution is 6.31. The summed E-state index contributed by atoms with van der Waals surface area (Å²) >= 11 is 5.99. The molecule has 0 atom stereocenters. The van der Waals surface area contributed by atoms with Crippen molar-refractivity contribution in [2.75, 3.05) is 12.4 Å². The molecule has 0 unspecified atom stereocenters. The van der Waals surface area contributed by atoms with Crippen LogP contribution in [0, 0.1) is 6.92 Å². The molecular weight excluding hydrogens is 280 g/mol. The van der Waals surface area contributed by atoms with Crippen LogP contribution < -0.4 is 15.4 Å². The number of carbonyl (C=O) groups excluding carboxylic acids is 2. The van der Waals surface area contributed by atoms with E-state index in [-0.39, 0.29) is 18.4 Å². The van der Waals surface area contributed by atoms with Crippen molar-refractivity contribution in [1.29, 1.82) is 0 Å². The highest BCUT2D eigenvalue weighted by Gasteiger charge is 2.14. The summed E-state index contributed by atoms with van der Waals surface area (Å²) in [6.45, 7) is 5.49. The Morgan fingerprint density at radius 3 is 2.50 bits per heavy atom. The lowest BCUT2D eigenvalue weighted by Gasteiger charge is -2.13. The summed E-state index contributed by atoms with van der Waals surface area (Å²) in [5.74, 6) is -0.261. The van der Waals surface area contributed by atoms with Gasteiger partial charge < -0.3 is 15.4 Å². The second kappa shape index (κ2) is 7.14. The number of carbonyl (C=O) groups is 2. The smallest absolute Gasteiger partial charge is 0.233 e. The zero-order chi connectivity index (χ0) is 15.3. The lowest BCUT2D eigenvalue weighted by Crippen LogP contribution is -2.33. The zero-order valence-corrected chi connectivity index (χ0v) is 12.8. The van der Waals surface area contributed by atoms with Crippen molar-refractivity contribution in [2.24, 2.45) is 0 Å². The van der Waals surface area contributed by atoms with Gasteiger partial charge in [-0.05, 0) is 32.4 Å². The van der Waals surface area contributed by atoms with Crippen LogP contribution in [0.25, 0.3) is 0 Å². The lowest BCUT2D eigenvalue weighted by molar-refractivity contribution is -0.127. The fourth-order valence-corrected chi connectivity index (χ4v) is 1.80. The van der Waals surface area contributed by atoms with Crippen LogP contribution in [-0.4, -0.2) is 25.0 Å². The molecule has 0 aromatic heterocycles. The highest BCUT2D eigenvalue weighted by Crippen LogP contribution is 2.30. The SMILES string of the molecule is COc1cc(Cl)c(C)cc1NC(=O)CC(=O)NC(C)C. The van der Waals surface area contributed by atoms with Gasteiger partial charge in [-0.2, -0.15) is 0 Å². The van der Waals surface area contributed by atoms with Crippen molar-refractivity contribution < 1.29 is 14.3 Å². The molecule has 0 aliphatic heterocycles. The summed E-state index contributed by atoms with van der Waals surface area (Å²) in [4.78, 5) is 23.3. The maximum absolute atomic E-state index is 11.8. The predicted molar refractivity (Wildman–Crippen MR) is 79.3 cm³/mol. The first kappa shape index (κ1) is 16.3. The highest BCUT2D eigenvalue weighted by atomic mass is 35.5. The first-order chi connectivity index (χ1) is 9.33. The van der Waals surface area contributed by atoms with Crippen LogP contribution in [-0.2, 0) is 9.59 Å². The molecule has 0 spiro atoms. The van der Waals surface area contributed by atoms with Gasteiger partial charge in [0.25, 0.3) is 0 Å². The largest absolute Gasteiger partial charge is 0.495 e. The Kier molecular flexibility index (Phi) is 5.82. The fourth-order valence-electron chi connectivity index (χ4n) is 1.64. The zero-order valence-electron chi connectivity index (χ0n) is 12.0. The van der Waals surface area contributed by atoms with Crippen molar-refractivity contribution in [2.45, 2.75) is 33.2 Å². The number of methoxy groups -OCH3 is 1. The van der Waals surface area contributed by atoms with E-state index in [0.717, 1.165) is 5.56 Å². The van der Waals surface area contributed by atoms with Gasteiger partial charge in [0.05, 0.1) is 12.8 Å². The van der Waals surface area contributed by atoms with Crippen molar-refractivity contribution in [3.8, 4) is 5.75 Å². The summed E-state index contributed by atoms with van der Waals surface area (Å²) in [6.07, 6.45) is -0.233. The monoisotopic (exact) mass is 298 g/mol. The number of benzene rings is 1. The van der Waals surface area contributed by atoms with Gasteiger partial charge in [-0.3, -0.25) is 9.59 Å². The summed E-state index contributed by atoms with van der Waals surface area (Å²) in [5.41, 5.74) is 1.31. The van der Waals surface area contributed by atoms with Gasteiger partial charge in [0.15, 0.2) is 0 Å². The standard InChI is InChI=1S/C14H19ClN2O3/c1-8(2)16-13(18)7-14(19)17-11-5-9(3)10(15)6-12(11)20-4/h5-6,8H,7H2,1-4H3,(H,16,18)(H,17,19). The topological polar surface area (TPSA) is 67.4 Å². The quantitative estimate of drug-likeness (QED) is 0.821. The van der Waals surface area contributed by atoms with Crippen LogP contribution in [0.4, 0.5) is 5.69 Å². The number of hydrogen-bond donors (Lipinski definition) is 2. The molecule has 0 aliphatic carbocycles. The second-order valence-electron chi connectivity index (χ2n) is 4.75. The molecule has 0 saturated heterocycles. The van der Waals surface area contributed by atoms with Crippen LogP contribution >= 0.6 is 11.6 Å². The minimum atomic E-state index is -0.400. The Labute approximate surface area is 123 Å². The molecule has 20 heavy (non-hydrogen) atoms. The first-order valence-electron chi connectivity index (χ1n) is 6.26. The van der Waals surface area contributed by atoms with E-state index in [1.54, 1.807) is 12.1 Å². The average molecular weight is 299 g/mol. The van der Waals surface area contributed by atoms with E-state index >= 15 is 0 Å². The predicted octanol–water partition coefficient (Wildman–Crippen LogP) is 2.51. The van der Waals surface area contributed by atoms with Crippen LogP contribution in [0.2, 0.25) is 5.02 Å². The third-order valence-electron chi connectivity index (χ3n) is 2.53. The molecule has 0 fully saturated rings. The van der Waals surface area contributed by atoms with Gasteiger partial charge in [-0.1, -0.05) is 11.6 Å². The third kappa shape index (κ3) is 4.74. The number of ether oxygens (including phenoxy) is 1. The van der Waals surface area contributed by atoms with Crippen LogP contribution in [0.15, 0.2) is 12.1 Å². The molecule has 0 radical (unpaired) electrons.